The molecule has 2 unspecified atom stereocenters. The summed E-state index contributed by atoms with van der Waals surface area (Å²) in [5.74, 6) is 0.0789. The molecule has 1 aliphatic rings. The maximum absolute atomic E-state index is 12.8. The lowest BCUT2D eigenvalue weighted by atomic mass is 10.0. The van der Waals surface area contributed by atoms with Crippen LogP contribution in [0.4, 0.5) is 0 Å². The highest BCUT2D eigenvalue weighted by molar-refractivity contribution is 5.82. The summed E-state index contributed by atoms with van der Waals surface area (Å²) in [4.78, 5) is 18.6. The number of amides is 1. The van der Waals surface area contributed by atoms with E-state index in [0.717, 1.165) is 16.8 Å². The van der Waals surface area contributed by atoms with Gasteiger partial charge in [-0.3, -0.25) is 9.78 Å². The largest absolute Gasteiger partial charge is 0.340 e. The van der Waals surface area contributed by atoms with Crippen LogP contribution in [0.15, 0.2) is 67.3 Å². The highest BCUT2D eigenvalue weighted by Gasteiger charge is 2.31. The Morgan fingerprint density at radius 1 is 1.15 bits per heavy atom. The first-order valence-corrected chi connectivity index (χ1v) is 8.95. The van der Waals surface area contributed by atoms with Crippen LogP contribution in [0.25, 0.3) is 5.69 Å². The number of benzene rings is 1. The predicted octanol–water partition coefficient (Wildman–Crippen LogP) is 1.83. The Bertz CT molecular complexity index is 879. The molecule has 138 valence electrons. The molecule has 0 spiro atoms. The van der Waals surface area contributed by atoms with Crippen molar-refractivity contribution in [2.24, 2.45) is 0 Å². The van der Waals surface area contributed by atoms with Crippen molar-refractivity contribution in [1.82, 2.24) is 30.5 Å². The number of rotatable bonds is 5. The molecule has 1 aromatic carbocycles. The van der Waals surface area contributed by atoms with E-state index in [1.165, 1.54) is 0 Å². The summed E-state index contributed by atoms with van der Waals surface area (Å²) in [5.41, 5.74) is 9.55. The summed E-state index contributed by atoms with van der Waals surface area (Å²) in [5, 5.41) is 4.22. The average molecular weight is 362 g/mol. The van der Waals surface area contributed by atoms with Crippen LogP contribution in [-0.4, -0.2) is 38.7 Å². The highest BCUT2D eigenvalue weighted by Crippen LogP contribution is 2.22. The van der Waals surface area contributed by atoms with Gasteiger partial charge in [-0.1, -0.05) is 12.1 Å². The second-order valence-corrected chi connectivity index (χ2v) is 6.72. The lowest BCUT2D eigenvalue weighted by Crippen LogP contribution is -2.43. The van der Waals surface area contributed by atoms with Crippen molar-refractivity contribution in [2.75, 3.05) is 7.05 Å². The smallest absolute Gasteiger partial charge is 0.241 e. The summed E-state index contributed by atoms with van der Waals surface area (Å²) in [7, 11) is 1.84. The van der Waals surface area contributed by atoms with Crippen LogP contribution in [-0.2, 0) is 11.3 Å². The van der Waals surface area contributed by atoms with Gasteiger partial charge in [-0.15, -0.1) is 0 Å². The van der Waals surface area contributed by atoms with Gasteiger partial charge < -0.3 is 4.90 Å². The third-order valence-corrected chi connectivity index (χ3v) is 4.81. The fraction of sp³-hybridized carbons (Fsp3) is 0.250. The molecule has 1 amide bonds. The Balaban J connectivity index is 1.35. The van der Waals surface area contributed by atoms with Crippen molar-refractivity contribution in [1.29, 1.82) is 0 Å². The Labute approximate surface area is 158 Å². The SMILES string of the molecule is CN(Cc1ccc(-n2cccn2)cc1)C(=O)C1CC(c2ccncc2)NN1. The van der Waals surface area contributed by atoms with E-state index in [9.17, 15) is 4.79 Å². The minimum absolute atomic E-state index is 0.0789. The molecule has 7 heteroatoms. The van der Waals surface area contributed by atoms with Crippen LogP contribution < -0.4 is 10.9 Å². The van der Waals surface area contributed by atoms with Crippen molar-refractivity contribution in [3.8, 4) is 5.69 Å². The zero-order valence-electron chi connectivity index (χ0n) is 15.1. The lowest BCUT2D eigenvalue weighted by Gasteiger charge is -2.21. The number of nitrogens with one attached hydrogen (secondary N) is 2. The maximum atomic E-state index is 12.8. The van der Waals surface area contributed by atoms with Crippen LogP contribution in [0.2, 0.25) is 0 Å². The van der Waals surface area contributed by atoms with E-state index in [-0.39, 0.29) is 18.0 Å². The number of nitrogens with zero attached hydrogens (tertiary/aromatic N) is 4. The number of carbonyl (C=O) groups excluding carboxylic acids is 1. The van der Waals surface area contributed by atoms with Gasteiger partial charge in [0.25, 0.3) is 0 Å². The van der Waals surface area contributed by atoms with Gasteiger partial charge in [-0.05, 0) is 47.9 Å². The average Bonchev–Trinajstić information content (AvgIpc) is 3.41. The summed E-state index contributed by atoms with van der Waals surface area (Å²) < 4.78 is 1.81. The molecule has 2 aromatic heterocycles. The van der Waals surface area contributed by atoms with Crippen molar-refractivity contribution < 1.29 is 4.79 Å². The van der Waals surface area contributed by atoms with Gasteiger partial charge in [0.1, 0.15) is 6.04 Å². The fourth-order valence-corrected chi connectivity index (χ4v) is 3.33. The van der Waals surface area contributed by atoms with Gasteiger partial charge in [-0.2, -0.15) is 5.10 Å². The molecule has 3 heterocycles. The molecule has 0 saturated carbocycles. The summed E-state index contributed by atoms with van der Waals surface area (Å²) >= 11 is 0. The summed E-state index contributed by atoms with van der Waals surface area (Å²) in [6.07, 6.45) is 7.91. The van der Waals surface area contributed by atoms with Gasteiger partial charge in [0, 0.05) is 44.4 Å². The first-order valence-electron chi connectivity index (χ1n) is 8.95. The molecule has 4 rings (SSSR count). The predicted molar refractivity (Wildman–Crippen MR) is 102 cm³/mol. The van der Waals surface area contributed by atoms with E-state index >= 15 is 0 Å². The molecule has 7 nitrogen and oxygen atoms in total. The van der Waals surface area contributed by atoms with E-state index < -0.39 is 0 Å². The molecule has 3 aromatic rings. The Morgan fingerprint density at radius 3 is 2.63 bits per heavy atom. The van der Waals surface area contributed by atoms with Crippen LogP contribution in [0.3, 0.4) is 0 Å². The second kappa shape index (κ2) is 7.69. The Morgan fingerprint density at radius 2 is 1.93 bits per heavy atom. The maximum Gasteiger partial charge on any atom is 0.241 e. The lowest BCUT2D eigenvalue weighted by molar-refractivity contribution is -0.132. The van der Waals surface area contributed by atoms with Crippen molar-refractivity contribution in [2.45, 2.75) is 25.0 Å². The van der Waals surface area contributed by atoms with Crippen LogP contribution in [0.1, 0.15) is 23.6 Å². The molecular weight excluding hydrogens is 340 g/mol. The fourth-order valence-electron chi connectivity index (χ4n) is 3.33. The molecule has 27 heavy (non-hydrogen) atoms. The summed E-state index contributed by atoms with van der Waals surface area (Å²) in [6.45, 7) is 0.566. The minimum Gasteiger partial charge on any atom is -0.340 e. The normalized spacial score (nSPS) is 19.1. The highest BCUT2D eigenvalue weighted by atomic mass is 16.2. The first kappa shape index (κ1) is 17.4. The van der Waals surface area contributed by atoms with Crippen LogP contribution in [0.5, 0.6) is 0 Å². The number of carbonyl (C=O) groups is 1. The zero-order valence-corrected chi connectivity index (χ0v) is 15.1. The van der Waals surface area contributed by atoms with Crippen molar-refractivity contribution in [3.05, 3.63) is 78.4 Å². The Kier molecular flexibility index (Phi) is 4.95. The number of pyridine rings is 1. The molecule has 0 bridgehead atoms. The molecule has 2 N–H and O–H groups in total. The van der Waals surface area contributed by atoms with E-state index in [1.807, 2.05) is 60.4 Å². The number of hydrazine groups is 1. The van der Waals surface area contributed by atoms with E-state index in [0.29, 0.717) is 13.0 Å². The van der Waals surface area contributed by atoms with Gasteiger partial charge in [0.15, 0.2) is 0 Å². The molecular formula is C20H22N6O. The van der Waals surface area contributed by atoms with Gasteiger partial charge >= 0.3 is 0 Å². The number of hydrogen-bond acceptors (Lipinski definition) is 5. The molecule has 0 radical (unpaired) electrons. The van der Waals surface area contributed by atoms with E-state index in [4.69, 9.17) is 0 Å². The van der Waals surface area contributed by atoms with Crippen LogP contribution in [0, 0.1) is 0 Å². The molecule has 0 aliphatic carbocycles. The minimum atomic E-state index is -0.239. The summed E-state index contributed by atoms with van der Waals surface area (Å²) in [6, 6.07) is 13.8. The molecule has 1 aliphatic heterocycles. The standard InChI is InChI=1S/C20H22N6O/c1-25(14-15-3-5-17(6-4-15)26-12-2-9-22-26)20(27)19-13-18(23-24-19)16-7-10-21-11-8-16/h2-12,18-19,23-24H,13-14H2,1H3. The monoisotopic (exact) mass is 362 g/mol. The topological polar surface area (TPSA) is 75.1 Å². The zero-order chi connectivity index (χ0) is 18.6. The molecule has 1 fully saturated rings. The molecule has 1 saturated heterocycles. The van der Waals surface area contributed by atoms with Crippen LogP contribution >= 0.6 is 0 Å². The van der Waals surface area contributed by atoms with Gasteiger partial charge in [0.2, 0.25) is 5.91 Å². The third kappa shape index (κ3) is 3.89. The molecule has 2 atom stereocenters. The van der Waals surface area contributed by atoms with E-state index in [1.54, 1.807) is 23.5 Å². The number of likely N-dealkylation sites (N-methyl/N-ethyl adjacent to an activating group) is 1. The van der Waals surface area contributed by atoms with E-state index in [2.05, 4.69) is 20.9 Å². The van der Waals surface area contributed by atoms with Crippen molar-refractivity contribution >= 4 is 5.91 Å². The second-order valence-electron chi connectivity index (χ2n) is 6.72. The quantitative estimate of drug-likeness (QED) is 0.724. The third-order valence-electron chi connectivity index (χ3n) is 4.81. The number of aromatic nitrogens is 3. The van der Waals surface area contributed by atoms with Gasteiger partial charge in [-0.25, -0.2) is 15.5 Å². The van der Waals surface area contributed by atoms with Gasteiger partial charge in [0.05, 0.1) is 5.69 Å². The van der Waals surface area contributed by atoms with Crippen molar-refractivity contribution in [3.63, 3.8) is 0 Å². The number of hydrogen-bond donors (Lipinski definition) is 2. The Hall–Kier alpha value is -3.03. The first-order chi connectivity index (χ1) is 13.2.